The summed E-state index contributed by atoms with van der Waals surface area (Å²) >= 11 is 0. The number of aromatic nitrogens is 4. The van der Waals surface area contributed by atoms with Crippen molar-refractivity contribution in [2.24, 2.45) is 0 Å². The van der Waals surface area contributed by atoms with Gasteiger partial charge >= 0.3 is 5.97 Å². The van der Waals surface area contributed by atoms with Crippen LogP contribution in [-0.4, -0.2) is 31.1 Å². The van der Waals surface area contributed by atoms with Gasteiger partial charge in [0.05, 0.1) is 17.3 Å². The Morgan fingerprint density at radius 2 is 2.32 bits per heavy atom. The molecule has 7 nitrogen and oxygen atoms in total. The lowest BCUT2D eigenvalue weighted by Crippen LogP contribution is -2.02. The van der Waals surface area contributed by atoms with Crippen LogP contribution in [-0.2, 0) is 6.54 Å². The third kappa shape index (κ3) is 2.05. The van der Waals surface area contributed by atoms with E-state index in [0.717, 1.165) is 11.3 Å². The van der Waals surface area contributed by atoms with Gasteiger partial charge < -0.3 is 9.52 Å². The van der Waals surface area contributed by atoms with Crippen molar-refractivity contribution in [1.82, 2.24) is 20.0 Å². The molecule has 2 aromatic heterocycles. The molecule has 0 aliphatic rings. The zero-order valence-corrected chi connectivity index (χ0v) is 10.1. The lowest BCUT2D eigenvalue weighted by Gasteiger charge is -1.98. The number of oxazole rings is 1. The van der Waals surface area contributed by atoms with E-state index in [2.05, 4.69) is 15.3 Å². The Morgan fingerprint density at radius 1 is 1.47 bits per heavy atom. The van der Waals surface area contributed by atoms with Crippen LogP contribution < -0.4 is 0 Å². The molecule has 2 heterocycles. The summed E-state index contributed by atoms with van der Waals surface area (Å²) in [4.78, 5) is 15.0. The number of hydrogen-bond donors (Lipinski definition) is 1. The van der Waals surface area contributed by atoms with Gasteiger partial charge in [0.1, 0.15) is 17.8 Å². The van der Waals surface area contributed by atoms with Crippen LogP contribution in [0.25, 0.3) is 11.0 Å². The van der Waals surface area contributed by atoms with Crippen LogP contribution in [0, 0.1) is 6.92 Å². The van der Waals surface area contributed by atoms with Crippen molar-refractivity contribution in [3.63, 3.8) is 0 Å². The van der Waals surface area contributed by atoms with Crippen LogP contribution >= 0.6 is 0 Å². The molecular formula is C12H10N4O3. The molecule has 0 unspecified atom stereocenters. The van der Waals surface area contributed by atoms with E-state index in [-0.39, 0.29) is 5.56 Å². The van der Waals surface area contributed by atoms with E-state index in [9.17, 15) is 4.79 Å². The number of aromatic carboxylic acids is 1. The molecule has 7 heteroatoms. The second-order valence-corrected chi connectivity index (χ2v) is 4.12. The first kappa shape index (κ1) is 11.4. The molecule has 0 atom stereocenters. The molecular weight excluding hydrogens is 248 g/mol. The summed E-state index contributed by atoms with van der Waals surface area (Å²) in [5.41, 5.74) is 1.45. The molecule has 0 saturated carbocycles. The van der Waals surface area contributed by atoms with Crippen molar-refractivity contribution < 1.29 is 14.3 Å². The minimum Gasteiger partial charge on any atom is -0.478 e. The topological polar surface area (TPSA) is 94.0 Å². The third-order valence-electron chi connectivity index (χ3n) is 2.72. The number of carbonyl (C=O) groups is 1. The third-order valence-corrected chi connectivity index (χ3v) is 2.72. The molecule has 0 amide bonds. The number of benzene rings is 1. The van der Waals surface area contributed by atoms with Gasteiger partial charge in [-0.25, -0.2) is 14.5 Å². The molecule has 3 rings (SSSR count). The molecule has 0 radical (unpaired) electrons. The summed E-state index contributed by atoms with van der Waals surface area (Å²) < 4.78 is 6.99. The van der Waals surface area contributed by atoms with E-state index >= 15 is 0 Å². The molecule has 0 aliphatic carbocycles. The van der Waals surface area contributed by atoms with Crippen molar-refractivity contribution in [3.05, 3.63) is 41.6 Å². The summed E-state index contributed by atoms with van der Waals surface area (Å²) in [6, 6.07) is 4.68. The molecule has 1 N–H and O–H groups in total. The summed E-state index contributed by atoms with van der Waals surface area (Å²) in [7, 11) is 0. The fourth-order valence-electron chi connectivity index (χ4n) is 1.82. The average molecular weight is 258 g/mol. The van der Waals surface area contributed by atoms with Crippen molar-refractivity contribution in [2.45, 2.75) is 13.5 Å². The highest BCUT2D eigenvalue weighted by Crippen LogP contribution is 2.15. The van der Waals surface area contributed by atoms with E-state index in [4.69, 9.17) is 9.52 Å². The first-order chi connectivity index (χ1) is 9.13. The summed E-state index contributed by atoms with van der Waals surface area (Å²) in [6.45, 7) is 2.17. The SMILES string of the molecule is Cc1cnc(Cn2nnc3cc(C(=O)O)ccc32)o1. The number of carboxylic acids is 1. The zero-order chi connectivity index (χ0) is 13.4. The van der Waals surface area contributed by atoms with Crippen molar-refractivity contribution in [2.75, 3.05) is 0 Å². The summed E-state index contributed by atoms with van der Waals surface area (Å²) in [5.74, 6) is 0.277. The molecule has 19 heavy (non-hydrogen) atoms. The molecule has 96 valence electrons. The number of rotatable bonds is 3. The van der Waals surface area contributed by atoms with E-state index in [1.165, 1.54) is 12.1 Å². The van der Waals surface area contributed by atoms with Gasteiger partial charge in [-0.3, -0.25) is 0 Å². The van der Waals surface area contributed by atoms with Gasteiger partial charge in [0.15, 0.2) is 0 Å². The maximum absolute atomic E-state index is 10.9. The fraction of sp³-hybridized carbons (Fsp3) is 0.167. The van der Waals surface area contributed by atoms with Gasteiger partial charge in [-0.05, 0) is 25.1 Å². The smallest absolute Gasteiger partial charge is 0.335 e. The van der Waals surface area contributed by atoms with Crippen LogP contribution in [0.4, 0.5) is 0 Å². The van der Waals surface area contributed by atoms with E-state index in [0.29, 0.717) is 18.0 Å². The summed E-state index contributed by atoms with van der Waals surface area (Å²) in [6.07, 6.45) is 1.64. The van der Waals surface area contributed by atoms with Crippen LogP contribution in [0.3, 0.4) is 0 Å². The van der Waals surface area contributed by atoms with Crippen LogP contribution in [0.5, 0.6) is 0 Å². The molecule has 3 aromatic rings. The molecule has 0 fully saturated rings. The number of nitrogens with zero attached hydrogens (tertiary/aromatic N) is 4. The van der Waals surface area contributed by atoms with Gasteiger partial charge in [-0.1, -0.05) is 5.21 Å². The first-order valence-electron chi connectivity index (χ1n) is 5.61. The monoisotopic (exact) mass is 258 g/mol. The molecule has 0 bridgehead atoms. The van der Waals surface area contributed by atoms with Crippen LogP contribution in [0.2, 0.25) is 0 Å². The Labute approximate surface area is 107 Å². The van der Waals surface area contributed by atoms with Gasteiger partial charge in [-0.2, -0.15) is 0 Å². The lowest BCUT2D eigenvalue weighted by atomic mass is 10.2. The van der Waals surface area contributed by atoms with Gasteiger partial charge in [0.25, 0.3) is 0 Å². The average Bonchev–Trinajstić information content (AvgIpc) is 2.96. The zero-order valence-electron chi connectivity index (χ0n) is 10.1. The second kappa shape index (κ2) is 4.20. The number of aryl methyl sites for hydroxylation is 1. The number of carboxylic acid groups (broad SMARTS) is 1. The summed E-state index contributed by atoms with van der Waals surface area (Å²) in [5, 5.41) is 16.8. The minimum atomic E-state index is -0.986. The molecule has 0 aliphatic heterocycles. The largest absolute Gasteiger partial charge is 0.478 e. The normalized spacial score (nSPS) is 11.0. The Hall–Kier alpha value is -2.70. The minimum absolute atomic E-state index is 0.187. The Balaban J connectivity index is 1.99. The van der Waals surface area contributed by atoms with Gasteiger partial charge in [0.2, 0.25) is 5.89 Å². The van der Waals surface area contributed by atoms with Crippen molar-refractivity contribution in [3.8, 4) is 0 Å². The van der Waals surface area contributed by atoms with Gasteiger partial charge in [0, 0.05) is 0 Å². The Kier molecular flexibility index (Phi) is 2.52. The van der Waals surface area contributed by atoms with E-state index in [1.807, 2.05) is 6.92 Å². The maximum Gasteiger partial charge on any atom is 0.335 e. The van der Waals surface area contributed by atoms with Crippen LogP contribution in [0.1, 0.15) is 22.0 Å². The van der Waals surface area contributed by atoms with Gasteiger partial charge in [-0.15, -0.1) is 5.10 Å². The Morgan fingerprint density at radius 3 is 3.00 bits per heavy atom. The highest BCUT2D eigenvalue weighted by Gasteiger charge is 2.11. The standard InChI is InChI=1S/C12H10N4O3/c1-7-5-13-11(19-7)6-16-10-3-2-8(12(17)18)4-9(10)14-15-16/h2-5H,6H2,1H3,(H,17,18). The Bertz CT molecular complexity index is 759. The van der Waals surface area contributed by atoms with Crippen molar-refractivity contribution in [1.29, 1.82) is 0 Å². The maximum atomic E-state index is 10.9. The fourth-order valence-corrected chi connectivity index (χ4v) is 1.82. The number of hydrogen-bond acceptors (Lipinski definition) is 5. The van der Waals surface area contributed by atoms with Crippen LogP contribution in [0.15, 0.2) is 28.8 Å². The predicted molar refractivity (Wildman–Crippen MR) is 64.8 cm³/mol. The molecule has 0 saturated heterocycles. The number of fused-ring (bicyclic) bond motifs is 1. The highest BCUT2D eigenvalue weighted by atomic mass is 16.4. The highest BCUT2D eigenvalue weighted by molar-refractivity contribution is 5.92. The van der Waals surface area contributed by atoms with Crippen molar-refractivity contribution >= 4 is 17.0 Å². The second-order valence-electron chi connectivity index (χ2n) is 4.12. The quantitative estimate of drug-likeness (QED) is 0.764. The molecule has 0 spiro atoms. The lowest BCUT2D eigenvalue weighted by molar-refractivity contribution is 0.0697. The van der Waals surface area contributed by atoms with E-state index in [1.54, 1.807) is 16.9 Å². The van der Waals surface area contributed by atoms with E-state index < -0.39 is 5.97 Å². The first-order valence-corrected chi connectivity index (χ1v) is 5.61. The predicted octanol–water partition coefficient (Wildman–Crippen LogP) is 1.47. The molecule has 1 aromatic carbocycles.